The van der Waals surface area contributed by atoms with E-state index in [0.717, 1.165) is 10.5 Å². The average molecular weight is 405 g/mol. The molecule has 0 spiro atoms. The highest BCUT2D eigenvalue weighted by Gasteiger charge is 2.27. The maximum Gasteiger partial charge on any atom is 0.242 e. The van der Waals surface area contributed by atoms with Gasteiger partial charge in [0.05, 0.1) is 5.75 Å². The molecule has 0 heterocycles. The van der Waals surface area contributed by atoms with Gasteiger partial charge in [-0.25, -0.2) is 0 Å². The lowest BCUT2D eigenvalue weighted by molar-refractivity contribution is -0.138. The number of thioether (sulfide) groups is 1. The van der Waals surface area contributed by atoms with Crippen molar-refractivity contribution in [3.8, 4) is 0 Å². The van der Waals surface area contributed by atoms with Crippen LogP contribution in [-0.2, 0) is 16.0 Å². The minimum atomic E-state index is -0.461. The van der Waals surface area contributed by atoms with Crippen LogP contribution in [0, 0.1) is 0 Å². The molecule has 0 fully saturated rings. The smallest absolute Gasteiger partial charge is 0.242 e. The number of hydrogen-bond acceptors (Lipinski definition) is 3. The predicted octanol–water partition coefficient (Wildman–Crippen LogP) is 4.03. The van der Waals surface area contributed by atoms with E-state index in [-0.39, 0.29) is 17.6 Å². The van der Waals surface area contributed by atoms with Gasteiger partial charge in [-0.2, -0.15) is 0 Å². The van der Waals surface area contributed by atoms with Crippen molar-refractivity contribution < 1.29 is 9.59 Å². The van der Waals surface area contributed by atoms with E-state index in [1.54, 1.807) is 24.1 Å². The van der Waals surface area contributed by atoms with Crippen LogP contribution in [0.4, 0.5) is 0 Å². The van der Waals surface area contributed by atoms with Gasteiger partial charge in [0.15, 0.2) is 0 Å². The standard InChI is InChI=1S/C21H25ClN2O2S/c1-3-19(21(26)23-2)24(14-13-16-7-5-4-6-8-16)20(25)15-27-18-11-9-17(22)10-12-18/h4-12,19H,3,13-15H2,1-2H3,(H,23,26). The molecule has 0 radical (unpaired) electrons. The van der Waals surface area contributed by atoms with Crippen LogP contribution in [0.5, 0.6) is 0 Å². The molecule has 2 amide bonds. The first kappa shape index (κ1) is 21.3. The molecule has 0 bridgehead atoms. The van der Waals surface area contributed by atoms with E-state index in [1.165, 1.54) is 11.8 Å². The number of rotatable bonds is 9. The van der Waals surface area contributed by atoms with Gasteiger partial charge in [0, 0.05) is 23.5 Å². The Hall–Kier alpha value is -1.98. The van der Waals surface area contributed by atoms with Crippen molar-refractivity contribution in [1.82, 2.24) is 10.2 Å². The lowest BCUT2D eigenvalue weighted by Gasteiger charge is -2.30. The molecular formula is C21H25ClN2O2S. The van der Waals surface area contributed by atoms with Gasteiger partial charge in [0.1, 0.15) is 6.04 Å². The molecule has 2 aromatic carbocycles. The summed E-state index contributed by atoms with van der Waals surface area (Å²) in [7, 11) is 1.60. The lowest BCUT2D eigenvalue weighted by atomic mass is 10.1. The number of hydrogen-bond donors (Lipinski definition) is 1. The molecule has 1 N–H and O–H groups in total. The number of amides is 2. The van der Waals surface area contributed by atoms with Crippen molar-refractivity contribution in [3.05, 3.63) is 65.2 Å². The van der Waals surface area contributed by atoms with Gasteiger partial charge in [0.25, 0.3) is 0 Å². The Kier molecular flexibility index (Phi) is 8.69. The summed E-state index contributed by atoms with van der Waals surface area (Å²) in [4.78, 5) is 27.9. The maximum absolute atomic E-state index is 12.9. The Labute approximate surface area is 170 Å². The summed E-state index contributed by atoms with van der Waals surface area (Å²) >= 11 is 7.36. The summed E-state index contributed by atoms with van der Waals surface area (Å²) in [5.41, 5.74) is 1.15. The van der Waals surface area contributed by atoms with Crippen molar-refractivity contribution in [2.75, 3.05) is 19.3 Å². The second-order valence-electron chi connectivity index (χ2n) is 6.10. The van der Waals surface area contributed by atoms with Crippen LogP contribution in [0.1, 0.15) is 18.9 Å². The van der Waals surface area contributed by atoms with Gasteiger partial charge in [-0.15, -0.1) is 11.8 Å². The molecule has 0 aliphatic carbocycles. The first-order valence-electron chi connectivity index (χ1n) is 8.98. The molecule has 1 unspecified atom stereocenters. The zero-order valence-corrected chi connectivity index (χ0v) is 17.2. The van der Waals surface area contributed by atoms with Crippen molar-refractivity contribution >= 4 is 35.2 Å². The summed E-state index contributed by atoms with van der Waals surface area (Å²) in [6, 6.07) is 16.9. The molecule has 6 heteroatoms. The number of nitrogens with zero attached hydrogens (tertiary/aromatic N) is 1. The normalized spacial score (nSPS) is 11.7. The highest BCUT2D eigenvalue weighted by Crippen LogP contribution is 2.21. The van der Waals surface area contributed by atoms with Gasteiger partial charge in [-0.05, 0) is 42.7 Å². The van der Waals surface area contributed by atoms with Crippen molar-refractivity contribution in [1.29, 1.82) is 0 Å². The number of halogens is 1. The van der Waals surface area contributed by atoms with Crippen LogP contribution in [-0.4, -0.2) is 42.1 Å². The van der Waals surface area contributed by atoms with E-state index < -0.39 is 6.04 Å². The molecular weight excluding hydrogens is 380 g/mol. The summed E-state index contributed by atoms with van der Waals surface area (Å²) in [6.45, 7) is 2.44. The van der Waals surface area contributed by atoms with Gasteiger partial charge in [-0.1, -0.05) is 48.9 Å². The van der Waals surface area contributed by atoms with Crippen molar-refractivity contribution in [2.24, 2.45) is 0 Å². The maximum atomic E-state index is 12.9. The zero-order chi connectivity index (χ0) is 19.6. The van der Waals surface area contributed by atoms with Gasteiger partial charge >= 0.3 is 0 Å². The second kappa shape index (κ2) is 11.0. The Morgan fingerprint density at radius 2 is 1.78 bits per heavy atom. The monoisotopic (exact) mass is 404 g/mol. The average Bonchev–Trinajstić information content (AvgIpc) is 2.70. The number of carbonyl (C=O) groups excluding carboxylic acids is 2. The fraction of sp³-hybridized carbons (Fsp3) is 0.333. The third-order valence-electron chi connectivity index (χ3n) is 4.29. The number of likely N-dealkylation sites (N-methyl/N-ethyl adjacent to an activating group) is 1. The Balaban J connectivity index is 2.07. The van der Waals surface area contributed by atoms with Crippen LogP contribution < -0.4 is 5.32 Å². The third-order valence-corrected chi connectivity index (χ3v) is 5.54. The van der Waals surface area contributed by atoms with Gasteiger partial charge < -0.3 is 10.2 Å². The predicted molar refractivity (Wildman–Crippen MR) is 112 cm³/mol. The Morgan fingerprint density at radius 3 is 2.37 bits per heavy atom. The molecule has 144 valence electrons. The van der Waals surface area contributed by atoms with E-state index in [9.17, 15) is 9.59 Å². The Morgan fingerprint density at radius 1 is 1.11 bits per heavy atom. The van der Waals surface area contributed by atoms with E-state index >= 15 is 0 Å². The molecule has 1 atom stereocenters. The SMILES string of the molecule is CCC(C(=O)NC)N(CCc1ccccc1)C(=O)CSc1ccc(Cl)cc1. The first-order chi connectivity index (χ1) is 13.0. The van der Waals surface area contributed by atoms with E-state index in [4.69, 9.17) is 11.6 Å². The van der Waals surface area contributed by atoms with Gasteiger partial charge in [-0.3, -0.25) is 9.59 Å². The van der Waals surface area contributed by atoms with Crippen LogP contribution >= 0.6 is 23.4 Å². The summed E-state index contributed by atoms with van der Waals surface area (Å²) in [5, 5.41) is 3.34. The number of benzene rings is 2. The lowest BCUT2D eigenvalue weighted by Crippen LogP contribution is -2.50. The molecule has 0 saturated carbocycles. The quantitative estimate of drug-likeness (QED) is 0.642. The molecule has 0 aliphatic rings. The molecule has 0 aliphatic heterocycles. The summed E-state index contributed by atoms with van der Waals surface area (Å²) in [5.74, 6) is 0.112. The largest absolute Gasteiger partial charge is 0.357 e. The second-order valence-corrected chi connectivity index (χ2v) is 7.59. The highest BCUT2D eigenvalue weighted by molar-refractivity contribution is 8.00. The molecule has 2 aromatic rings. The molecule has 0 aromatic heterocycles. The topological polar surface area (TPSA) is 49.4 Å². The molecule has 2 rings (SSSR count). The minimum Gasteiger partial charge on any atom is -0.357 e. The fourth-order valence-electron chi connectivity index (χ4n) is 2.82. The van der Waals surface area contributed by atoms with Crippen molar-refractivity contribution in [2.45, 2.75) is 30.7 Å². The minimum absolute atomic E-state index is 0.0404. The van der Waals surface area contributed by atoms with E-state index in [0.29, 0.717) is 24.4 Å². The van der Waals surface area contributed by atoms with Crippen LogP contribution in [0.3, 0.4) is 0 Å². The zero-order valence-electron chi connectivity index (χ0n) is 15.7. The Bertz CT molecular complexity index is 738. The third kappa shape index (κ3) is 6.60. The first-order valence-corrected chi connectivity index (χ1v) is 10.3. The number of carbonyl (C=O) groups is 2. The van der Waals surface area contributed by atoms with Crippen LogP contribution in [0.15, 0.2) is 59.5 Å². The van der Waals surface area contributed by atoms with Crippen LogP contribution in [0.2, 0.25) is 5.02 Å². The van der Waals surface area contributed by atoms with E-state index in [2.05, 4.69) is 5.32 Å². The molecule has 4 nitrogen and oxygen atoms in total. The summed E-state index contributed by atoms with van der Waals surface area (Å²) < 4.78 is 0. The van der Waals surface area contributed by atoms with Crippen LogP contribution in [0.25, 0.3) is 0 Å². The van der Waals surface area contributed by atoms with Gasteiger partial charge in [0.2, 0.25) is 11.8 Å². The van der Waals surface area contributed by atoms with E-state index in [1.807, 2.05) is 49.4 Å². The number of nitrogens with one attached hydrogen (secondary N) is 1. The molecule has 27 heavy (non-hydrogen) atoms. The summed E-state index contributed by atoms with van der Waals surface area (Å²) in [6.07, 6.45) is 1.29. The highest BCUT2D eigenvalue weighted by atomic mass is 35.5. The fourth-order valence-corrected chi connectivity index (χ4v) is 3.73. The van der Waals surface area contributed by atoms with Crippen molar-refractivity contribution in [3.63, 3.8) is 0 Å². The molecule has 0 saturated heterocycles.